The maximum Gasteiger partial charge on any atom is 0.277 e. The lowest BCUT2D eigenvalue weighted by Gasteiger charge is -2.37. The summed E-state index contributed by atoms with van der Waals surface area (Å²) in [4.78, 5) is 18.3. The van der Waals surface area contributed by atoms with Crippen molar-refractivity contribution in [1.82, 2.24) is 9.80 Å². The second-order valence-corrected chi connectivity index (χ2v) is 10.1. The molecule has 0 N–H and O–H groups in total. The molecular formula is C8H11I2N5O3S. The highest BCUT2D eigenvalue weighted by molar-refractivity contribution is 14.1. The van der Waals surface area contributed by atoms with Crippen LogP contribution in [0.1, 0.15) is 0 Å². The standard InChI is InChI=1S/C8H11I2N5O3S/c1-13-4-18-5-14(7(13)12-15(16)17)3-8(10)2-11-6(9)19-8/h2,6H,3-5H2,1H3. The van der Waals surface area contributed by atoms with Crippen molar-refractivity contribution in [3.05, 3.63) is 10.1 Å². The fourth-order valence-electron chi connectivity index (χ4n) is 1.70. The molecule has 19 heavy (non-hydrogen) atoms. The van der Waals surface area contributed by atoms with Gasteiger partial charge in [-0.3, -0.25) is 4.99 Å². The van der Waals surface area contributed by atoms with E-state index in [4.69, 9.17) is 4.74 Å². The van der Waals surface area contributed by atoms with Crippen molar-refractivity contribution in [1.29, 1.82) is 0 Å². The summed E-state index contributed by atoms with van der Waals surface area (Å²) < 4.78 is 5.33. The number of guanidine groups is 1. The van der Waals surface area contributed by atoms with Crippen molar-refractivity contribution in [2.24, 2.45) is 10.1 Å². The van der Waals surface area contributed by atoms with Crippen LogP contribution in [0.25, 0.3) is 0 Å². The highest BCUT2D eigenvalue weighted by Crippen LogP contribution is 2.43. The average Bonchev–Trinajstić information content (AvgIpc) is 2.63. The molecule has 0 aliphatic carbocycles. The molecule has 0 spiro atoms. The number of alkyl halides is 2. The first-order chi connectivity index (χ1) is 8.89. The van der Waals surface area contributed by atoms with Crippen LogP contribution in [0.3, 0.4) is 0 Å². The van der Waals surface area contributed by atoms with Crippen LogP contribution in [0.2, 0.25) is 0 Å². The number of aliphatic imine (C=N–C) groups is 1. The van der Waals surface area contributed by atoms with Gasteiger partial charge in [-0.25, -0.2) is 10.1 Å². The summed E-state index contributed by atoms with van der Waals surface area (Å²) >= 11 is 6.24. The molecule has 0 aromatic carbocycles. The van der Waals surface area contributed by atoms with Gasteiger partial charge in [0.05, 0.1) is 6.54 Å². The molecule has 2 unspecified atom stereocenters. The molecule has 0 aromatic rings. The van der Waals surface area contributed by atoms with Crippen LogP contribution in [0.5, 0.6) is 0 Å². The molecular weight excluding hydrogens is 500 g/mol. The molecule has 0 bridgehead atoms. The summed E-state index contributed by atoms with van der Waals surface area (Å²) in [5.41, 5.74) is 0. The minimum Gasteiger partial charge on any atom is -0.341 e. The highest BCUT2D eigenvalue weighted by atomic mass is 127. The molecule has 0 radical (unpaired) electrons. The molecule has 1 saturated heterocycles. The number of nitro groups is 1. The van der Waals surface area contributed by atoms with Gasteiger partial charge in [0, 0.05) is 13.3 Å². The Bertz CT molecular complexity index is 437. The van der Waals surface area contributed by atoms with E-state index in [2.05, 4.69) is 55.3 Å². The Morgan fingerprint density at radius 3 is 3.11 bits per heavy atom. The zero-order valence-corrected chi connectivity index (χ0v) is 15.0. The average molecular weight is 511 g/mol. The number of hydrogen-bond donors (Lipinski definition) is 0. The van der Waals surface area contributed by atoms with E-state index in [0.717, 1.165) is 0 Å². The van der Waals surface area contributed by atoms with Gasteiger partial charge in [-0.1, -0.05) is 34.4 Å². The Hall–Kier alpha value is 0.110. The van der Waals surface area contributed by atoms with E-state index in [9.17, 15) is 10.1 Å². The molecule has 2 rings (SSSR count). The Kier molecular flexibility index (Phi) is 5.10. The van der Waals surface area contributed by atoms with Gasteiger partial charge < -0.3 is 14.5 Å². The summed E-state index contributed by atoms with van der Waals surface area (Å²) in [5, 5.41) is 13.4. The zero-order valence-electron chi connectivity index (χ0n) is 9.90. The normalized spacial score (nSPS) is 33.2. The molecule has 2 heterocycles. The predicted molar refractivity (Wildman–Crippen MR) is 90.4 cm³/mol. The molecule has 106 valence electrons. The highest BCUT2D eigenvalue weighted by Gasteiger charge is 2.38. The van der Waals surface area contributed by atoms with Crippen LogP contribution in [-0.4, -0.2) is 60.2 Å². The molecule has 2 aliphatic heterocycles. The van der Waals surface area contributed by atoms with E-state index >= 15 is 0 Å². The Morgan fingerprint density at radius 2 is 2.53 bits per heavy atom. The molecule has 2 atom stereocenters. The molecule has 0 aromatic heterocycles. The van der Waals surface area contributed by atoms with Gasteiger partial charge in [-0.2, -0.15) is 0 Å². The summed E-state index contributed by atoms with van der Waals surface area (Å²) in [5.74, 6) is 0.318. The first-order valence-electron chi connectivity index (χ1n) is 5.21. The van der Waals surface area contributed by atoms with Gasteiger partial charge in [0.1, 0.15) is 24.7 Å². The number of nitrogens with zero attached hydrogens (tertiary/aromatic N) is 5. The van der Waals surface area contributed by atoms with Gasteiger partial charge in [-0.05, 0) is 22.6 Å². The first-order valence-corrected chi connectivity index (χ1v) is 8.42. The molecule has 0 amide bonds. The van der Waals surface area contributed by atoms with Crippen molar-refractivity contribution in [2.45, 2.75) is 6.13 Å². The lowest BCUT2D eigenvalue weighted by molar-refractivity contribution is -0.486. The van der Waals surface area contributed by atoms with E-state index in [1.165, 1.54) is 0 Å². The third-order valence-electron chi connectivity index (χ3n) is 2.41. The van der Waals surface area contributed by atoms with Crippen molar-refractivity contribution in [3.63, 3.8) is 0 Å². The monoisotopic (exact) mass is 511 g/mol. The smallest absolute Gasteiger partial charge is 0.277 e. The number of halogens is 2. The Morgan fingerprint density at radius 1 is 1.79 bits per heavy atom. The number of hydrazone groups is 1. The minimum absolute atomic E-state index is 0.175. The maximum absolute atomic E-state index is 10.6. The fraction of sp³-hybridized carbons (Fsp3) is 0.750. The van der Waals surface area contributed by atoms with E-state index in [0.29, 0.717) is 26.0 Å². The third-order valence-corrected chi connectivity index (χ3v) is 5.82. The minimum atomic E-state index is -0.680. The van der Waals surface area contributed by atoms with E-state index in [1.54, 1.807) is 28.6 Å². The first kappa shape index (κ1) is 15.5. The third kappa shape index (κ3) is 4.04. The lowest BCUT2D eigenvalue weighted by atomic mass is 10.4. The zero-order chi connectivity index (χ0) is 14.0. The predicted octanol–water partition coefficient (Wildman–Crippen LogP) is 1.38. The second kappa shape index (κ2) is 6.26. The van der Waals surface area contributed by atoms with Crippen molar-refractivity contribution in [2.75, 3.05) is 27.1 Å². The van der Waals surface area contributed by atoms with E-state index in [-0.39, 0.29) is 6.13 Å². The van der Waals surface area contributed by atoms with Crippen LogP contribution in [0.4, 0.5) is 0 Å². The van der Waals surface area contributed by atoms with Crippen molar-refractivity contribution in [3.8, 4) is 0 Å². The molecule has 2 aliphatic rings. The van der Waals surface area contributed by atoms with Gasteiger partial charge in [-0.15, -0.1) is 0 Å². The Labute approximate surface area is 141 Å². The van der Waals surface area contributed by atoms with Crippen molar-refractivity contribution >= 4 is 69.1 Å². The summed E-state index contributed by atoms with van der Waals surface area (Å²) in [7, 11) is 1.71. The summed E-state index contributed by atoms with van der Waals surface area (Å²) in [6.07, 6.45) is 1.88. The number of hydrogen-bond acceptors (Lipinski definition) is 5. The molecule has 0 saturated carbocycles. The molecule has 1 fully saturated rings. The number of thioether (sulfide) groups is 1. The van der Waals surface area contributed by atoms with Gasteiger partial charge in [0.2, 0.25) is 0 Å². The quantitative estimate of drug-likeness (QED) is 0.187. The largest absolute Gasteiger partial charge is 0.341 e. The van der Waals surface area contributed by atoms with Crippen molar-refractivity contribution < 1.29 is 9.77 Å². The van der Waals surface area contributed by atoms with Crippen LogP contribution < -0.4 is 0 Å². The fourth-order valence-corrected chi connectivity index (χ4v) is 6.78. The van der Waals surface area contributed by atoms with Crippen LogP contribution >= 0.6 is 56.9 Å². The molecule has 11 heteroatoms. The summed E-state index contributed by atoms with van der Waals surface area (Å²) in [6.45, 7) is 1.15. The lowest BCUT2D eigenvalue weighted by Crippen LogP contribution is -2.53. The van der Waals surface area contributed by atoms with Crippen LogP contribution in [-0.2, 0) is 4.74 Å². The summed E-state index contributed by atoms with van der Waals surface area (Å²) in [6, 6.07) is 0. The topological polar surface area (TPSA) is 83.6 Å². The Balaban J connectivity index is 2.13. The van der Waals surface area contributed by atoms with Crippen LogP contribution in [0.15, 0.2) is 10.1 Å². The van der Waals surface area contributed by atoms with Gasteiger partial charge >= 0.3 is 0 Å². The SMILES string of the molecule is CN1COCN(CC2(I)C=NC(I)S2)C1=N[N+](=O)[O-]. The van der Waals surface area contributed by atoms with E-state index < -0.39 is 5.03 Å². The van der Waals surface area contributed by atoms with Gasteiger partial charge in [0.15, 0.2) is 5.03 Å². The van der Waals surface area contributed by atoms with Crippen LogP contribution in [0, 0.1) is 10.1 Å². The molecule has 8 nitrogen and oxygen atoms in total. The van der Waals surface area contributed by atoms with E-state index in [1.807, 2.05) is 6.21 Å². The number of ether oxygens (including phenoxy) is 1. The number of rotatable bonds is 3. The maximum atomic E-state index is 10.6. The van der Waals surface area contributed by atoms with Gasteiger partial charge in [0.25, 0.3) is 5.96 Å². The second-order valence-electron chi connectivity index (χ2n) is 3.97.